The average molecular weight is 449 g/mol. The van der Waals surface area contributed by atoms with Crippen LogP contribution in [-0.2, 0) is 6.42 Å². The third kappa shape index (κ3) is 4.56. The predicted molar refractivity (Wildman–Crippen MR) is 121 cm³/mol. The number of rotatable bonds is 6. The average Bonchev–Trinajstić information content (AvgIpc) is 3.15. The Balaban J connectivity index is 1.56. The van der Waals surface area contributed by atoms with Crippen molar-refractivity contribution in [2.75, 3.05) is 10.7 Å². The van der Waals surface area contributed by atoms with Crippen molar-refractivity contribution in [1.82, 2.24) is 0 Å². The van der Waals surface area contributed by atoms with Crippen molar-refractivity contribution in [3.63, 3.8) is 0 Å². The summed E-state index contributed by atoms with van der Waals surface area (Å²) in [4.78, 5) is 33.6. The number of non-ortho nitro benzene ring substituents is 2. The normalized spacial score (nSPS) is 13.9. The van der Waals surface area contributed by atoms with Gasteiger partial charge >= 0.3 is 0 Å². The number of aryl methyl sites for hydroxylation is 1. The molecule has 3 aromatic rings. The minimum Gasteiger partial charge on any atom is -0.455 e. The Hall–Kier alpha value is -4.54. The minimum atomic E-state index is -0.535. The van der Waals surface area contributed by atoms with Gasteiger partial charge in [-0.3, -0.25) is 30.4 Å². The van der Waals surface area contributed by atoms with Crippen LogP contribution in [0.1, 0.15) is 40.3 Å². The van der Waals surface area contributed by atoms with Crippen molar-refractivity contribution >= 4 is 34.4 Å². The van der Waals surface area contributed by atoms with Crippen LogP contribution in [0.15, 0.2) is 58.0 Å². The van der Waals surface area contributed by atoms with Gasteiger partial charge in [-0.1, -0.05) is 6.07 Å². The molecule has 0 spiro atoms. The Kier molecular flexibility index (Phi) is 5.85. The third-order valence-electron chi connectivity index (χ3n) is 5.24. The second-order valence-corrected chi connectivity index (χ2v) is 7.44. The highest BCUT2D eigenvalue weighted by atomic mass is 16.6. The fourth-order valence-corrected chi connectivity index (χ4v) is 3.67. The lowest BCUT2D eigenvalue weighted by Gasteiger charge is -2.13. The van der Waals surface area contributed by atoms with E-state index in [2.05, 4.69) is 15.8 Å². The standard InChI is InChI=1S/C22H19N5O6/c1-13-20-18(25-24-14-8-10-16(11-9-14)26(29)30)6-3-7-19(20)33-21(13)22(28)23-15-4-2-5-17(12-15)27(31)32/h2,4-5,8-12,24H,3,6-7H2,1H3,(H,23,28)/b25-18+. The van der Waals surface area contributed by atoms with Gasteiger partial charge < -0.3 is 9.73 Å². The fraction of sp³-hybridized carbons (Fsp3) is 0.182. The van der Waals surface area contributed by atoms with E-state index >= 15 is 0 Å². The molecule has 0 radical (unpaired) electrons. The highest BCUT2D eigenvalue weighted by Gasteiger charge is 2.28. The van der Waals surface area contributed by atoms with Crippen LogP contribution in [-0.4, -0.2) is 21.5 Å². The molecule has 0 fully saturated rings. The molecule has 2 N–H and O–H groups in total. The molecule has 1 aromatic heterocycles. The first-order valence-corrected chi connectivity index (χ1v) is 10.1. The van der Waals surface area contributed by atoms with Gasteiger partial charge in [0, 0.05) is 47.5 Å². The van der Waals surface area contributed by atoms with Crippen molar-refractivity contribution in [1.29, 1.82) is 0 Å². The van der Waals surface area contributed by atoms with Gasteiger partial charge in [-0.2, -0.15) is 5.10 Å². The van der Waals surface area contributed by atoms with Gasteiger partial charge in [0.05, 0.1) is 21.2 Å². The number of furan rings is 1. The molecule has 0 bridgehead atoms. The Labute approximate surface area is 187 Å². The van der Waals surface area contributed by atoms with E-state index < -0.39 is 15.8 Å². The Morgan fingerprint density at radius 1 is 1.00 bits per heavy atom. The van der Waals surface area contributed by atoms with Crippen LogP contribution < -0.4 is 10.7 Å². The Bertz CT molecular complexity index is 1280. The first kappa shape index (κ1) is 21.7. The number of hydrazone groups is 1. The molecule has 2 aromatic carbocycles. The lowest BCUT2D eigenvalue weighted by Crippen LogP contribution is -2.14. The summed E-state index contributed by atoms with van der Waals surface area (Å²) < 4.78 is 5.84. The maximum atomic E-state index is 12.8. The summed E-state index contributed by atoms with van der Waals surface area (Å²) in [7, 11) is 0. The second-order valence-electron chi connectivity index (χ2n) is 7.44. The van der Waals surface area contributed by atoms with E-state index in [-0.39, 0.29) is 22.8 Å². The van der Waals surface area contributed by atoms with Crippen LogP contribution in [0.4, 0.5) is 22.7 Å². The van der Waals surface area contributed by atoms with E-state index in [1.807, 2.05) is 0 Å². The van der Waals surface area contributed by atoms with Crippen molar-refractivity contribution in [2.45, 2.75) is 26.2 Å². The Morgan fingerprint density at radius 2 is 1.73 bits per heavy atom. The molecule has 0 saturated heterocycles. The van der Waals surface area contributed by atoms with Crippen LogP contribution in [0.5, 0.6) is 0 Å². The number of nitro benzene ring substituents is 2. The smallest absolute Gasteiger partial charge is 0.291 e. The number of nitrogens with one attached hydrogen (secondary N) is 2. The highest BCUT2D eigenvalue weighted by molar-refractivity contribution is 6.09. The summed E-state index contributed by atoms with van der Waals surface area (Å²) in [5.41, 5.74) is 5.72. The van der Waals surface area contributed by atoms with E-state index in [1.54, 1.807) is 25.1 Å². The molecule has 1 heterocycles. The summed E-state index contributed by atoms with van der Waals surface area (Å²) in [6.07, 6.45) is 2.10. The van der Waals surface area contributed by atoms with Gasteiger partial charge in [0.15, 0.2) is 5.76 Å². The summed E-state index contributed by atoms with van der Waals surface area (Å²) in [6.45, 7) is 1.76. The Morgan fingerprint density at radius 3 is 2.42 bits per heavy atom. The molecule has 0 saturated carbocycles. The molecular weight excluding hydrogens is 430 g/mol. The van der Waals surface area contributed by atoms with Crippen molar-refractivity contribution in [2.24, 2.45) is 5.10 Å². The zero-order valence-corrected chi connectivity index (χ0v) is 17.5. The highest BCUT2D eigenvalue weighted by Crippen LogP contribution is 2.31. The van der Waals surface area contributed by atoms with E-state index in [1.165, 1.54) is 30.3 Å². The van der Waals surface area contributed by atoms with Crippen LogP contribution in [0.2, 0.25) is 0 Å². The topological polar surface area (TPSA) is 153 Å². The molecule has 1 amide bonds. The summed E-state index contributed by atoms with van der Waals surface area (Å²) in [5, 5.41) is 28.9. The molecule has 0 aliphatic heterocycles. The molecule has 168 valence electrons. The largest absolute Gasteiger partial charge is 0.455 e. The van der Waals surface area contributed by atoms with Gasteiger partial charge in [0.1, 0.15) is 5.76 Å². The molecule has 11 heteroatoms. The van der Waals surface area contributed by atoms with Crippen LogP contribution >= 0.6 is 0 Å². The fourth-order valence-electron chi connectivity index (χ4n) is 3.67. The molecular formula is C22H19N5O6. The third-order valence-corrected chi connectivity index (χ3v) is 5.24. The molecule has 11 nitrogen and oxygen atoms in total. The molecule has 1 aliphatic carbocycles. The van der Waals surface area contributed by atoms with Gasteiger partial charge in [-0.25, -0.2) is 0 Å². The maximum Gasteiger partial charge on any atom is 0.291 e. The quantitative estimate of drug-likeness (QED) is 0.404. The summed E-state index contributed by atoms with van der Waals surface area (Å²) in [5.74, 6) is 0.258. The number of carbonyl (C=O) groups is 1. The lowest BCUT2D eigenvalue weighted by atomic mass is 9.93. The molecule has 0 unspecified atom stereocenters. The zero-order chi connectivity index (χ0) is 23.5. The monoisotopic (exact) mass is 449 g/mol. The number of nitrogens with zero attached hydrogens (tertiary/aromatic N) is 3. The van der Waals surface area contributed by atoms with E-state index in [0.717, 1.165) is 12.0 Å². The first-order chi connectivity index (χ1) is 15.8. The number of benzene rings is 2. The number of fused-ring (bicyclic) bond motifs is 1. The SMILES string of the molecule is Cc1c(C(=O)Nc2cccc([N+](=O)[O-])c2)oc2c1/C(=N/Nc1ccc([N+](=O)[O-])cc1)CCC2. The van der Waals surface area contributed by atoms with Crippen LogP contribution in [0.25, 0.3) is 0 Å². The minimum absolute atomic E-state index is 0.0155. The van der Waals surface area contributed by atoms with Crippen LogP contribution in [0.3, 0.4) is 0 Å². The number of anilines is 2. The van der Waals surface area contributed by atoms with E-state index in [0.29, 0.717) is 35.6 Å². The van der Waals surface area contributed by atoms with Gasteiger partial charge in [-0.05, 0) is 38.0 Å². The number of carbonyl (C=O) groups excluding carboxylic acids is 1. The van der Waals surface area contributed by atoms with E-state index in [4.69, 9.17) is 4.42 Å². The lowest BCUT2D eigenvalue weighted by molar-refractivity contribution is -0.385. The maximum absolute atomic E-state index is 12.8. The van der Waals surface area contributed by atoms with Gasteiger partial charge in [-0.15, -0.1) is 0 Å². The van der Waals surface area contributed by atoms with Crippen molar-refractivity contribution in [3.8, 4) is 0 Å². The second kappa shape index (κ2) is 8.91. The molecule has 33 heavy (non-hydrogen) atoms. The zero-order valence-electron chi connectivity index (χ0n) is 17.5. The first-order valence-electron chi connectivity index (χ1n) is 10.1. The van der Waals surface area contributed by atoms with E-state index in [9.17, 15) is 25.0 Å². The predicted octanol–water partition coefficient (Wildman–Crippen LogP) is 4.81. The number of amides is 1. The summed E-state index contributed by atoms with van der Waals surface area (Å²) >= 11 is 0. The van der Waals surface area contributed by atoms with Crippen LogP contribution in [0, 0.1) is 27.2 Å². The summed E-state index contributed by atoms with van der Waals surface area (Å²) in [6, 6.07) is 11.6. The number of hydrogen-bond donors (Lipinski definition) is 2. The number of hydrogen-bond acceptors (Lipinski definition) is 8. The molecule has 0 atom stereocenters. The molecule has 4 rings (SSSR count). The number of nitro groups is 2. The van der Waals surface area contributed by atoms with Gasteiger partial charge in [0.2, 0.25) is 0 Å². The van der Waals surface area contributed by atoms with Crippen molar-refractivity contribution in [3.05, 3.63) is 91.4 Å². The molecule has 1 aliphatic rings. The van der Waals surface area contributed by atoms with Crippen molar-refractivity contribution < 1.29 is 19.1 Å². The van der Waals surface area contributed by atoms with Gasteiger partial charge in [0.25, 0.3) is 17.3 Å².